The summed E-state index contributed by atoms with van der Waals surface area (Å²) in [4.78, 5) is 19.7. The van der Waals surface area contributed by atoms with Gasteiger partial charge in [-0.25, -0.2) is 9.78 Å². The van der Waals surface area contributed by atoms with Gasteiger partial charge in [-0.2, -0.15) is 0 Å². The molecule has 5 heteroatoms. The Morgan fingerprint density at radius 2 is 1.74 bits per heavy atom. The van der Waals surface area contributed by atoms with Crippen molar-refractivity contribution in [2.24, 2.45) is 5.92 Å². The lowest BCUT2D eigenvalue weighted by Gasteiger charge is -2.34. The van der Waals surface area contributed by atoms with Gasteiger partial charge in [0.15, 0.2) is 0 Å². The molecule has 0 bridgehead atoms. The molecule has 168 valence electrons. The Morgan fingerprint density at radius 3 is 2.45 bits per heavy atom. The third kappa shape index (κ3) is 3.85. The highest BCUT2D eigenvalue weighted by Crippen LogP contribution is 2.40. The normalized spacial score (nSPS) is 23.2. The molecule has 0 saturated heterocycles. The molecule has 3 aliphatic rings. The molecule has 2 saturated carbocycles. The van der Waals surface area contributed by atoms with E-state index >= 15 is 0 Å². The lowest BCUT2D eigenvalue weighted by atomic mass is 9.86. The second-order valence-corrected chi connectivity index (χ2v) is 10.1. The number of carbonyl (C=O) groups excluding carboxylic acids is 1. The summed E-state index contributed by atoms with van der Waals surface area (Å²) in [6.07, 6.45) is 16.2. The smallest absolute Gasteiger partial charge is 0.414 e. The first kappa shape index (κ1) is 20.8. The number of rotatable bonds is 3. The predicted molar refractivity (Wildman–Crippen MR) is 125 cm³/mol. The van der Waals surface area contributed by atoms with Gasteiger partial charge in [-0.15, -0.1) is 0 Å². The second kappa shape index (κ2) is 8.84. The van der Waals surface area contributed by atoms with Crippen molar-refractivity contribution in [2.75, 3.05) is 12.0 Å². The highest BCUT2D eigenvalue weighted by Gasteiger charge is 2.32. The Balaban J connectivity index is 1.60. The van der Waals surface area contributed by atoms with E-state index in [1.807, 2.05) is 4.90 Å². The van der Waals surface area contributed by atoms with Crippen LogP contribution >= 0.6 is 0 Å². The summed E-state index contributed by atoms with van der Waals surface area (Å²) in [6, 6.07) is 5.11. The van der Waals surface area contributed by atoms with Gasteiger partial charge in [-0.05, 0) is 50.7 Å². The molecular formula is C26H37N3O2. The average Bonchev–Trinajstić information content (AvgIpc) is 3.17. The molecule has 0 N–H and O–H groups in total. The molecule has 1 atom stereocenters. The number of fused-ring (bicyclic) bond motifs is 3. The van der Waals surface area contributed by atoms with Crippen LogP contribution in [-0.4, -0.2) is 28.8 Å². The third-order valence-corrected chi connectivity index (χ3v) is 8.03. The van der Waals surface area contributed by atoms with Gasteiger partial charge < -0.3 is 9.30 Å². The van der Waals surface area contributed by atoms with Crippen molar-refractivity contribution in [3.8, 4) is 0 Å². The van der Waals surface area contributed by atoms with Crippen LogP contribution in [0.3, 0.4) is 0 Å². The lowest BCUT2D eigenvalue weighted by molar-refractivity contribution is 0.175. The summed E-state index contributed by atoms with van der Waals surface area (Å²) in [7, 11) is 1.47. The number of carbonyl (C=O) groups is 1. The maximum absolute atomic E-state index is 12.5. The van der Waals surface area contributed by atoms with E-state index in [4.69, 9.17) is 9.72 Å². The number of amides is 1. The molecule has 0 spiro atoms. The van der Waals surface area contributed by atoms with Crippen molar-refractivity contribution >= 4 is 22.8 Å². The number of ether oxygens (including phenoxy) is 1. The lowest BCUT2D eigenvalue weighted by Crippen LogP contribution is -2.42. The predicted octanol–water partition coefficient (Wildman–Crippen LogP) is 6.57. The molecule has 0 unspecified atom stereocenters. The minimum absolute atomic E-state index is 0.152. The fourth-order valence-corrected chi connectivity index (χ4v) is 6.36. The molecule has 0 radical (unpaired) electrons. The number of imidazole rings is 1. The van der Waals surface area contributed by atoms with Crippen LogP contribution in [0, 0.1) is 5.92 Å². The van der Waals surface area contributed by atoms with Gasteiger partial charge in [0.2, 0.25) is 0 Å². The standard InChI is InChI=1S/C26H37N3O2/c1-18-13-14-21-22(28(18)26(30)31-2)15-16-23-25(21)27-24(17-19-9-5-3-6-10-19)29(23)20-11-7-4-8-12-20/h15-16,18-20H,3-14,17H2,1-2H3/t18-/m0/s1. The first-order chi connectivity index (χ1) is 15.2. The summed E-state index contributed by atoms with van der Waals surface area (Å²) in [6.45, 7) is 2.11. The molecule has 2 heterocycles. The van der Waals surface area contributed by atoms with E-state index in [2.05, 4.69) is 23.6 Å². The van der Waals surface area contributed by atoms with E-state index in [0.717, 1.165) is 36.4 Å². The summed E-state index contributed by atoms with van der Waals surface area (Å²) < 4.78 is 7.73. The molecule has 1 aromatic carbocycles. The van der Waals surface area contributed by atoms with Gasteiger partial charge in [-0.3, -0.25) is 4.90 Å². The molecule has 1 amide bonds. The van der Waals surface area contributed by atoms with Crippen LogP contribution in [0.2, 0.25) is 0 Å². The van der Waals surface area contributed by atoms with Gasteiger partial charge >= 0.3 is 6.09 Å². The van der Waals surface area contributed by atoms with Crippen molar-refractivity contribution in [3.63, 3.8) is 0 Å². The fraction of sp³-hybridized carbons (Fsp3) is 0.692. The molecule has 5 rings (SSSR count). The Bertz CT molecular complexity index is 938. The molecule has 1 aromatic heterocycles. The first-order valence-electron chi connectivity index (χ1n) is 12.6. The van der Waals surface area contributed by atoms with Crippen LogP contribution in [0.1, 0.15) is 95.0 Å². The van der Waals surface area contributed by atoms with Gasteiger partial charge in [0.1, 0.15) is 5.82 Å². The van der Waals surface area contributed by atoms with Gasteiger partial charge in [0.25, 0.3) is 0 Å². The van der Waals surface area contributed by atoms with E-state index in [0.29, 0.717) is 6.04 Å². The highest BCUT2D eigenvalue weighted by atomic mass is 16.5. The van der Waals surface area contributed by atoms with Crippen molar-refractivity contribution in [1.82, 2.24) is 9.55 Å². The number of methoxy groups -OCH3 is 1. The molecule has 2 aliphatic carbocycles. The van der Waals surface area contributed by atoms with E-state index < -0.39 is 0 Å². The highest BCUT2D eigenvalue weighted by molar-refractivity contribution is 5.95. The summed E-state index contributed by atoms with van der Waals surface area (Å²) in [5, 5.41) is 0. The molecule has 5 nitrogen and oxygen atoms in total. The van der Waals surface area contributed by atoms with Gasteiger partial charge in [0.05, 0.1) is 23.8 Å². The maximum Gasteiger partial charge on any atom is 0.414 e. The number of anilines is 1. The zero-order chi connectivity index (χ0) is 21.4. The molecule has 31 heavy (non-hydrogen) atoms. The minimum atomic E-state index is -0.262. The van der Waals surface area contributed by atoms with Crippen molar-refractivity contribution in [3.05, 3.63) is 23.5 Å². The zero-order valence-electron chi connectivity index (χ0n) is 19.2. The molecule has 1 aliphatic heterocycles. The van der Waals surface area contributed by atoms with Crippen LogP contribution in [0.5, 0.6) is 0 Å². The Kier molecular flexibility index (Phi) is 5.94. The van der Waals surface area contributed by atoms with Crippen molar-refractivity contribution in [2.45, 2.75) is 102 Å². The number of aryl methyl sites for hydroxylation is 1. The van der Waals surface area contributed by atoms with Crippen molar-refractivity contribution < 1.29 is 9.53 Å². The Labute approximate surface area is 186 Å². The summed E-state index contributed by atoms with van der Waals surface area (Å²) in [5.41, 5.74) is 4.65. The topological polar surface area (TPSA) is 47.4 Å². The van der Waals surface area contributed by atoms with Crippen LogP contribution in [0.15, 0.2) is 12.1 Å². The zero-order valence-corrected chi connectivity index (χ0v) is 19.2. The van der Waals surface area contributed by atoms with E-state index in [9.17, 15) is 4.79 Å². The fourth-order valence-electron chi connectivity index (χ4n) is 6.36. The van der Waals surface area contributed by atoms with Crippen LogP contribution in [0.25, 0.3) is 11.0 Å². The van der Waals surface area contributed by atoms with Crippen LogP contribution < -0.4 is 4.90 Å². The Morgan fingerprint density at radius 1 is 1.03 bits per heavy atom. The quantitative estimate of drug-likeness (QED) is 0.561. The van der Waals surface area contributed by atoms with Crippen LogP contribution in [0.4, 0.5) is 10.5 Å². The SMILES string of the molecule is COC(=O)N1c2ccc3c(nc(CC4CCCCC4)n3C3CCCCC3)c2CC[C@@H]1C. The van der Waals surface area contributed by atoms with Gasteiger partial charge in [-0.1, -0.05) is 51.4 Å². The maximum atomic E-state index is 12.5. The van der Waals surface area contributed by atoms with E-state index in [1.165, 1.54) is 88.2 Å². The largest absolute Gasteiger partial charge is 0.452 e. The number of aromatic nitrogens is 2. The molecular weight excluding hydrogens is 386 g/mol. The number of benzene rings is 1. The Hall–Kier alpha value is -2.04. The van der Waals surface area contributed by atoms with Crippen LogP contribution in [-0.2, 0) is 17.6 Å². The van der Waals surface area contributed by atoms with Gasteiger partial charge in [0, 0.05) is 24.1 Å². The summed E-state index contributed by atoms with van der Waals surface area (Å²) >= 11 is 0. The molecule has 2 aromatic rings. The number of hydrogen-bond donors (Lipinski definition) is 0. The number of nitrogens with zero attached hydrogens (tertiary/aromatic N) is 3. The average molecular weight is 424 g/mol. The first-order valence-corrected chi connectivity index (χ1v) is 12.6. The molecule has 2 fully saturated rings. The third-order valence-electron chi connectivity index (χ3n) is 8.03. The second-order valence-electron chi connectivity index (χ2n) is 10.1. The van der Waals surface area contributed by atoms with E-state index in [1.54, 1.807) is 0 Å². The van der Waals surface area contributed by atoms with E-state index in [-0.39, 0.29) is 12.1 Å². The summed E-state index contributed by atoms with van der Waals surface area (Å²) in [5.74, 6) is 2.07. The number of hydrogen-bond acceptors (Lipinski definition) is 3. The minimum Gasteiger partial charge on any atom is -0.452 e. The monoisotopic (exact) mass is 423 g/mol. The van der Waals surface area contributed by atoms with Crippen molar-refractivity contribution in [1.29, 1.82) is 0 Å².